The Bertz CT molecular complexity index is 550. The molecule has 0 unspecified atom stereocenters. The summed E-state index contributed by atoms with van der Waals surface area (Å²) in [5.41, 5.74) is 2.41. The van der Waals surface area contributed by atoms with Crippen LogP contribution in [0.3, 0.4) is 0 Å². The highest BCUT2D eigenvalue weighted by atomic mass is 35.5. The molecule has 2 aromatic rings. The van der Waals surface area contributed by atoms with Crippen LogP contribution in [0.2, 0.25) is 0 Å². The van der Waals surface area contributed by atoms with Crippen molar-refractivity contribution in [2.24, 2.45) is 0 Å². The summed E-state index contributed by atoms with van der Waals surface area (Å²) in [6.45, 7) is 2.13. The Kier molecular flexibility index (Phi) is 6.47. The Morgan fingerprint density at radius 3 is 2.14 bits per heavy atom. The van der Waals surface area contributed by atoms with Crippen LogP contribution in [0.15, 0.2) is 59.5 Å². The van der Waals surface area contributed by atoms with Crippen molar-refractivity contribution in [3.63, 3.8) is 0 Å². The summed E-state index contributed by atoms with van der Waals surface area (Å²) in [4.78, 5) is 1.29. The molecular weight excluding hydrogens is 319 g/mol. The second-order valence-electron chi connectivity index (χ2n) is 5.27. The van der Waals surface area contributed by atoms with Gasteiger partial charge in [0.2, 0.25) is 0 Å². The van der Waals surface area contributed by atoms with Crippen LogP contribution in [0.25, 0.3) is 0 Å². The van der Waals surface area contributed by atoms with E-state index in [1.807, 2.05) is 17.8 Å². The monoisotopic (exact) mass is 338 g/mol. The second-order valence-corrected chi connectivity index (χ2v) is 6.98. The van der Waals surface area contributed by atoms with Crippen molar-refractivity contribution in [1.82, 2.24) is 0 Å². The van der Waals surface area contributed by atoms with Crippen molar-refractivity contribution < 1.29 is 0 Å². The van der Waals surface area contributed by atoms with Gasteiger partial charge in [0.15, 0.2) is 0 Å². The maximum atomic E-state index is 6.32. The van der Waals surface area contributed by atoms with E-state index in [1.54, 1.807) is 0 Å². The molecule has 21 heavy (non-hydrogen) atoms. The highest BCUT2D eigenvalue weighted by Gasteiger charge is 2.31. The Morgan fingerprint density at radius 2 is 1.52 bits per heavy atom. The van der Waals surface area contributed by atoms with Gasteiger partial charge in [0, 0.05) is 22.1 Å². The molecule has 0 bridgehead atoms. The Balaban J connectivity index is 2.10. The van der Waals surface area contributed by atoms with Gasteiger partial charge in [-0.2, -0.15) is 0 Å². The Labute approximate surface area is 141 Å². The molecule has 0 aromatic heterocycles. The number of benzene rings is 2. The van der Waals surface area contributed by atoms with Crippen molar-refractivity contribution >= 4 is 35.0 Å². The summed E-state index contributed by atoms with van der Waals surface area (Å²) in [5.74, 6) is 2.12. The molecule has 0 spiro atoms. The molecule has 0 amide bonds. The molecule has 2 rings (SSSR count). The van der Waals surface area contributed by atoms with Gasteiger partial charge in [0.1, 0.15) is 0 Å². The maximum Gasteiger partial charge on any atom is 0.0332 e. The molecule has 0 nitrogen and oxygen atoms in total. The number of hydrogen-bond acceptors (Lipinski definition) is 1. The van der Waals surface area contributed by atoms with E-state index in [4.69, 9.17) is 23.2 Å². The minimum Gasteiger partial charge on any atom is -0.126 e. The first-order valence-electron chi connectivity index (χ1n) is 7.08. The van der Waals surface area contributed by atoms with E-state index in [-0.39, 0.29) is 5.41 Å². The number of rotatable bonds is 7. The predicted octanol–water partition coefficient (Wildman–Crippen LogP) is 5.89. The molecule has 0 aliphatic rings. The maximum absolute atomic E-state index is 6.32. The molecule has 0 saturated carbocycles. The van der Waals surface area contributed by atoms with Gasteiger partial charge in [-0.15, -0.1) is 35.0 Å². The van der Waals surface area contributed by atoms with Crippen molar-refractivity contribution in [3.05, 3.63) is 65.7 Å². The first-order chi connectivity index (χ1) is 10.2. The highest BCUT2D eigenvalue weighted by Crippen LogP contribution is 2.35. The number of alkyl halides is 2. The first kappa shape index (κ1) is 16.7. The van der Waals surface area contributed by atoms with Gasteiger partial charge in [-0.3, -0.25) is 0 Å². The van der Waals surface area contributed by atoms with E-state index in [1.165, 1.54) is 16.0 Å². The zero-order valence-corrected chi connectivity index (χ0v) is 14.5. The van der Waals surface area contributed by atoms with Gasteiger partial charge in [-0.1, -0.05) is 42.5 Å². The molecule has 0 saturated heterocycles. The Hall–Kier alpha value is -0.630. The summed E-state index contributed by atoms with van der Waals surface area (Å²) in [6.07, 6.45) is 0.977. The van der Waals surface area contributed by atoms with Crippen molar-refractivity contribution in [1.29, 1.82) is 0 Å². The third kappa shape index (κ3) is 4.18. The standard InChI is InChI=1S/C18H20Cl2S/c1-15-7-5-6-10-17(15)18(13-19,14-20)11-12-21-16-8-3-2-4-9-16/h2-10H,11-14H2,1H3. The quantitative estimate of drug-likeness (QED) is 0.447. The van der Waals surface area contributed by atoms with E-state index >= 15 is 0 Å². The molecule has 0 N–H and O–H groups in total. The van der Waals surface area contributed by atoms with Crippen molar-refractivity contribution in [3.8, 4) is 0 Å². The number of aryl methyl sites for hydroxylation is 1. The molecule has 0 aliphatic heterocycles. The summed E-state index contributed by atoms with van der Waals surface area (Å²) in [6, 6.07) is 18.9. The van der Waals surface area contributed by atoms with Crippen LogP contribution < -0.4 is 0 Å². The first-order valence-corrected chi connectivity index (χ1v) is 9.13. The fraction of sp³-hybridized carbons (Fsp3) is 0.333. The van der Waals surface area contributed by atoms with Gasteiger partial charge < -0.3 is 0 Å². The van der Waals surface area contributed by atoms with E-state index in [0.29, 0.717) is 11.8 Å². The fourth-order valence-corrected chi connectivity index (χ4v) is 4.42. The molecule has 0 atom stereocenters. The molecule has 0 aliphatic carbocycles. The van der Waals surface area contributed by atoms with E-state index < -0.39 is 0 Å². The molecule has 3 heteroatoms. The third-order valence-electron chi connectivity index (χ3n) is 3.82. The van der Waals surface area contributed by atoms with Gasteiger partial charge in [-0.25, -0.2) is 0 Å². The van der Waals surface area contributed by atoms with E-state index in [9.17, 15) is 0 Å². The summed E-state index contributed by atoms with van der Waals surface area (Å²) >= 11 is 14.5. The lowest BCUT2D eigenvalue weighted by molar-refractivity contribution is 0.521. The van der Waals surface area contributed by atoms with Gasteiger partial charge in [0.25, 0.3) is 0 Å². The van der Waals surface area contributed by atoms with Gasteiger partial charge >= 0.3 is 0 Å². The Morgan fingerprint density at radius 1 is 0.905 bits per heavy atom. The molecule has 0 fully saturated rings. The van der Waals surface area contributed by atoms with Crippen LogP contribution >= 0.6 is 35.0 Å². The van der Waals surface area contributed by atoms with Crippen LogP contribution in [-0.2, 0) is 5.41 Å². The average Bonchev–Trinajstić information content (AvgIpc) is 2.54. The van der Waals surface area contributed by atoms with Crippen molar-refractivity contribution in [2.75, 3.05) is 17.5 Å². The minimum atomic E-state index is -0.143. The predicted molar refractivity (Wildman–Crippen MR) is 96.1 cm³/mol. The number of halogens is 2. The van der Waals surface area contributed by atoms with Crippen molar-refractivity contribution in [2.45, 2.75) is 23.7 Å². The lowest BCUT2D eigenvalue weighted by Gasteiger charge is -2.31. The SMILES string of the molecule is Cc1ccccc1C(CCl)(CCl)CCSc1ccccc1. The molecule has 2 aromatic carbocycles. The molecule has 112 valence electrons. The number of thioether (sulfide) groups is 1. The fourth-order valence-electron chi connectivity index (χ4n) is 2.50. The smallest absolute Gasteiger partial charge is 0.0332 e. The molecular formula is C18H20Cl2S. The largest absolute Gasteiger partial charge is 0.126 e. The van der Waals surface area contributed by atoms with Crippen LogP contribution in [0.4, 0.5) is 0 Å². The topological polar surface area (TPSA) is 0 Å². The minimum absolute atomic E-state index is 0.143. The van der Waals surface area contributed by atoms with E-state index in [2.05, 4.69) is 55.5 Å². The lowest BCUT2D eigenvalue weighted by atomic mass is 9.79. The highest BCUT2D eigenvalue weighted by molar-refractivity contribution is 7.99. The third-order valence-corrected chi connectivity index (χ3v) is 5.86. The summed E-state index contributed by atoms with van der Waals surface area (Å²) < 4.78 is 0. The lowest BCUT2D eigenvalue weighted by Crippen LogP contribution is -2.32. The van der Waals surface area contributed by atoms with Gasteiger partial charge in [0.05, 0.1) is 0 Å². The zero-order chi connectivity index (χ0) is 15.1. The normalized spacial score (nSPS) is 11.6. The van der Waals surface area contributed by atoms with Crippen LogP contribution in [0.5, 0.6) is 0 Å². The van der Waals surface area contributed by atoms with Crippen LogP contribution in [0.1, 0.15) is 17.5 Å². The molecule has 0 radical (unpaired) electrons. The summed E-state index contributed by atoms with van der Waals surface area (Å²) in [5, 5.41) is 0. The number of hydrogen-bond donors (Lipinski definition) is 0. The van der Waals surface area contributed by atoms with E-state index in [0.717, 1.165) is 12.2 Å². The second kappa shape index (κ2) is 8.12. The zero-order valence-electron chi connectivity index (χ0n) is 12.2. The average molecular weight is 339 g/mol. The van der Waals surface area contributed by atoms with Crippen LogP contribution in [-0.4, -0.2) is 17.5 Å². The summed E-state index contributed by atoms with van der Waals surface area (Å²) in [7, 11) is 0. The molecule has 0 heterocycles. The van der Waals surface area contributed by atoms with Gasteiger partial charge in [-0.05, 0) is 42.4 Å². The van der Waals surface area contributed by atoms with Crippen LogP contribution in [0, 0.1) is 6.92 Å².